The van der Waals surface area contributed by atoms with Crippen molar-refractivity contribution in [3.63, 3.8) is 0 Å². The summed E-state index contributed by atoms with van der Waals surface area (Å²) in [6, 6.07) is 0. The number of rotatable bonds is 16. The van der Waals surface area contributed by atoms with Crippen LogP contribution in [0.3, 0.4) is 0 Å². The molecule has 0 atom stereocenters. The van der Waals surface area contributed by atoms with Crippen LogP contribution in [0.2, 0.25) is 0 Å². The first-order valence-electron chi connectivity index (χ1n) is 8.95. The predicted molar refractivity (Wildman–Crippen MR) is 91.9 cm³/mol. The maximum Gasteiger partial charge on any atom is 0.302 e. The minimum absolute atomic E-state index is 0.174. The number of carbonyl (C=O) groups excluding carboxylic acids is 2. The van der Waals surface area contributed by atoms with Crippen molar-refractivity contribution in [2.45, 2.75) is 90.4 Å². The zero-order valence-electron chi connectivity index (χ0n) is 14.4. The summed E-state index contributed by atoms with van der Waals surface area (Å²) in [4.78, 5) is 21.6. The fraction of sp³-hybridized carbons (Fsp3) is 0.789. The van der Waals surface area contributed by atoms with Gasteiger partial charge in [-0.15, -0.1) is 0 Å². The highest BCUT2D eigenvalue weighted by molar-refractivity contribution is 5.88. The number of hydrogen-bond donors (Lipinski definition) is 0. The monoisotopic (exact) mass is 310 g/mol. The molecule has 0 aromatic carbocycles. The molecule has 0 bridgehead atoms. The topological polar surface area (TPSA) is 43.4 Å². The lowest BCUT2D eigenvalue weighted by molar-refractivity contribution is -0.141. The maximum absolute atomic E-state index is 11.0. The number of esters is 1. The van der Waals surface area contributed by atoms with Crippen molar-refractivity contribution in [2.24, 2.45) is 0 Å². The van der Waals surface area contributed by atoms with Crippen molar-refractivity contribution in [3.05, 3.63) is 12.7 Å². The Morgan fingerprint density at radius 2 is 1.18 bits per heavy atom. The molecule has 0 aliphatic carbocycles. The van der Waals surface area contributed by atoms with Crippen LogP contribution >= 0.6 is 0 Å². The molecule has 0 saturated carbocycles. The van der Waals surface area contributed by atoms with Crippen LogP contribution in [0.4, 0.5) is 0 Å². The Bertz CT molecular complexity index is 297. The van der Waals surface area contributed by atoms with Gasteiger partial charge in [0.15, 0.2) is 5.78 Å². The molecule has 0 aliphatic rings. The highest BCUT2D eigenvalue weighted by Crippen LogP contribution is 2.12. The van der Waals surface area contributed by atoms with Gasteiger partial charge in [-0.1, -0.05) is 70.8 Å². The summed E-state index contributed by atoms with van der Waals surface area (Å²) in [5.74, 6) is 0.000149. The van der Waals surface area contributed by atoms with Gasteiger partial charge in [0.1, 0.15) is 0 Å². The molecule has 0 aromatic rings. The molecule has 128 valence electrons. The molecule has 0 amide bonds. The van der Waals surface area contributed by atoms with Gasteiger partial charge in [-0.25, -0.2) is 0 Å². The van der Waals surface area contributed by atoms with Crippen LogP contribution in [0, 0.1) is 0 Å². The summed E-state index contributed by atoms with van der Waals surface area (Å²) in [7, 11) is 0. The van der Waals surface area contributed by atoms with E-state index in [-0.39, 0.29) is 11.8 Å². The highest BCUT2D eigenvalue weighted by Gasteiger charge is 1.97. The summed E-state index contributed by atoms with van der Waals surface area (Å²) in [5, 5.41) is 0. The fourth-order valence-electron chi connectivity index (χ4n) is 2.49. The van der Waals surface area contributed by atoms with E-state index in [0.29, 0.717) is 13.0 Å². The Morgan fingerprint density at radius 1 is 0.773 bits per heavy atom. The van der Waals surface area contributed by atoms with Crippen molar-refractivity contribution in [1.29, 1.82) is 0 Å². The number of unbranched alkanes of at least 4 members (excludes halogenated alkanes) is 11. The van der Waals surface area contributed by atoms with Gasteiger partial charge in [0.25, 0.3) is 0 Å². The van der Waals surface area contributed by atoms with E-state index >= 15 is 0 Å². The van der Waals surface area contributed by atoms with Crippen LogP contribution < -0.4 is 0 Å². The van der Waals surface area contributed by atoms with Crippen LogP contribution in [-0.2, 0) is 14.3 Å². The molecule has 0 spiro atoms. The SMILES string of the molecule is C=CC(=O)CCCCCCCCCCCCCCOC(C)=O. The summed E-state index contributed by atoms with van der Waals surface area (Å²) in [6.45, 7) is 5.52. The van der Waals surface area contributed by atoms with Crippen LogP contribution in [0.5, 0.6) is 0 Å². The molecule has 0 heterocycles. The molecule has 0 unspecified atom stereocenters. The van der Waals surface area contributed by atoms with Crippen molar-refractivity contribution < 1.29 is 14.3 Å². The van der Waals surface area contributed by atoms with Gasteiger partial charge in [0, 0.05) is 13.3 Å². The summed E-state index contributed by atoms with van der Waals surface area (Å²) in [6.07, 6.45) is 16.8. The Hall–Kier alpha value is -1.12. The van der Waals surface area contributed by atoms with Crippen LogP contribution in [0.15, 0.2) is 12.7 Å². The zero-order valence-corrected chi connectivity index (χ0v) is 14.4. The van der Waals surface area contributed by atoms with E-state index in [1.807, 2.05) is 0 Å². The molecule has 22 heavy (non-hydrogen) atoms. The minimum Gasteiger partial charge on any atom is -0.466 e. The molecule has 3 nitrogen and oxygen atoms in total. The maximum atomic E-state index is 11.0. The van der Waals surface area contributed by atoms with Gasteiger partial charge in [-0.2, -0.15) is 0 Å². The van der Waals surface area contributed by atoms with E-state index in [1.165, 1.54) is 70.8 Å². The second kappa shape index (κ2) is 16.3. The van der Waals surface area contributed by atoms with E-state index in [9.17, 15) is 9.59 Å². The first-order valence-corrected chi connectivity index (χ1v) is 8.95. The molecule has 0 radical (unpaired) electrons. The number of carbonyl (C=O) groups is 2. The van der Waals surface area contributed by atoms with Gasteiger partial charge >= 0.3 is 5.97 Å². The van der Waals surface area contributed by atoms with E-state index in [4.69, 9.17) is 4.74 Å². The van der Waals surface area contributed by atoms with Gasteiger partial charge in [-0.05, 0) is 18.9 Å². The average molecular weight is 310 g/mol. The Balaban J connectivity index is 3.04. The zero-order chi connectivity index (χ0) is 16.5. The van der Waals surface area contributed by atoms with Crippen molar-refractivity contribution in [1.82, 2.24) is 0 Å². The van der Waals surface area contributed by atoms with Gasteiger partial charge in [0.05, 0.1) is 6.61 Å². The third kappa shape index (κ3) is 16.9. The molecule has 0 N–H and O–H groups in total. The molecular weight excluding hydrogens is 276 g/mol. The normalized spacial score (nSPS) is 10.4. The van der Waals surface area contributed by atoms with Crippen LogP contribution in [-0.4, -0.2) is 18.4 Å². The Morgan fingerprint density at radius 3 is 1.59 bits per heavy atom. The first-order chi connectivity index (χ1) is 10.7. The third-order valence-electron chi connectivity index (χ3n) is 3.85. The molecule has 0 rings (SSSR count). The van der Waals surface area contributed by atoms with Crippen molar-refractivity contribution in [3.8, 4) is 0 Å². The summed E-state index contributed by atoms with van der Waals surface area (Å²) in [5.41, 5.74) is 0. The first kappa shape index (κ1) is 20.9. The molecular formula is C19H34O3. The lowest BCUT2D eigenvalue weighted by Gasteiger charge is -2.03. The summed E-state index contributed by atoms with van der Waals surface area (Å²) < 4.78 is 4.90. The van der Waals surface area contributed by atoms with Crippen LogP contribution in [0.25, 0.3) is 0 Å². The number of ether oxygens (including phenoxy) is 1. The van der Waals surface area contributed by atoms with Gasteiger partial charge in [-0.3, -0.25) is 9.59 Å². The predicted octanol–water partition coefficient (Wildman–Crippen LogP) is 5.38. The summed E-state index contributed by atoms with van der Waals surface area (Å²) >= 11 is 0. The van der Waals surface area contributed by atoms with E-state index < -0.39 is 0 Å². The quantitative estimate of drug-likeness (QED) is 0.218. The Kier molecular flexibility index (Phi) is 15.4. The standard InChI is InChI=1S/C19H34O3/c1-3-19(21)16-14-12-10-8-6-4-5-7-9-11-13-15-17-22-18(2)20/h3H,1,4-17H2,2H3. The molecule has 0 fully saturated rings. The third-order valence-corrected chi connectivity index (χ3v) is 3.85. The number of hydrogen-bond acceptors (Lipinski definition) is 3. The largest absolute Gasteiger partial charge is 0.466 e. The average Bonchev–Trinajstić information content (AvgIpc) is 2.50. The minimum atomic E-state index is -0.174. The van der Waals surface area contributed by atoms with Crippen molar-refractivity contribution >= 4 is 11.8 Å². The lowest BCUT2D eigenvalue weighted by atomic mass is 10.0. The van der Waals surface area contributed by atoms with E-state index in [1.54, 1.807) is 0 Å². The fourth-order valence-corrected chi connectivity index (χ4v) is 2.49. The number of ketones is 1. The molecule has 3 heteroatoms. The van der Waals surface area contributed by atoms with Gasteiger partial charge < -0.3 is 4.74 Å². The second-order valence-electron chi connectivity index (χ2n) is 6.00. The Labute approximate surface area is 136 Å². The smallest absolute Gasteiger partial charge is 0.302 e. The second-order valence-corrected chi connectivity index (χ2v) is 6.00. The van der Waals surface area contributed by atoms with Gasteiger partial charge in [0.2, 0.25) is 0 Å². The highest BCUT2D eigenvalue weighted by atomic mass is 16.5. The molecule has 0 aromatic heterocycles. The van der Waals surface area contributed by atoms with Crippen LogP contribution in [0.1, 0.15) is 90.4 Å². The lowest BCUT2D eigenvalue weighted by Crippen LogP contribution is -2.00. The molecule has 0 saturated heterocycles. The van der Waals surface area contributed by atoms with Crippen molar-refractivity contribution in [2.75, 3.05) is 6.61 Å². The molecule has 0 aliphatic heterocycles. The van der Waals surface area contributed by atoms with E-state index in [0.717, 1.165) is 19.3 Å². The van der Waals surface area contributed by atoms with E-state index in [2.05, 4.69) is 6.58 Å². The number of allylic oxidation sites excluding steroid dienone is 1.